The van der Waals surface area contributed by atoms with E-state index in [2.05, 4.69) is 9.80 Å². The monoisotopic (exact) mass is 238 g/mol. The number of nitrogens with zero attached hydrogens (tertiary/aromatic N) is 2. The van der Waals surface area contributed by atoms with E-state index in [0.29, 0.717) is 18.9 Å². The molecule has 0 aromatic rings. The second-order valence-corrected chi connectivity index (χ2v) is 5.59. The Bertz CT molecular complexity index is 289. The van der Waals surface area contributed by atoms with Crippen LogP contribution in [0.1, 0.15) is 19.3 Å². The number of carbonyl (C=O) groups is 1. The Balaban J connectivity index is 1.50. The third-order valence-corrected chi connectivity index (χ3v) is 4.44. The number of ketones is 1. The van der Waals surface area contributed by atoms with Gasteiger partial charge in [-0.2, -0.15) is 0 Å². The molecule has 2 unspecified atom stereocenters. The van der Waals surface area contributed by atoms with E-state index in [4.69, 9.17) is 4.74 Å². The van der Waals surface area contributed by atoms with Crippen LogP contribution in [0, 0.1) is 5.92 Å². The number of carbonyl (C=O) groups excluding carboxylic acids is 1. The van der Waals surface area contributed by atoms with Crippen molar-refractivity contribution in [2.45, 2.75) is 25.3 Å². The summed E-state index contributed by atoms with van der Waals surface area (Å²) < 4.78 is 5.29. The topological polar surface area (TPSA) is 32.8 Å². The number of rotatable bonds is 3. The van der Waals surface area contributed by atoms with Crippen LogP contribution in [0.5, 0.6) is 0 Å². The fraction of sp³-hybridized carbons (Fsp3) is 0.923. The molecule has 3 aliphatic heterocycles. The summed E-state index contributed by atoms with van der Waals surface area (Å²) in [6, 6.07) is 0.719. The summed E-state index contributed by atoms with van der Waals surface area (Å²) in [6.45, 7) is 6.66. The van der Waals surface area contributed by atoms with Crippen LogP contribution >= 0.6 is 0 Å². The van der Waals surface area contributed by atoms with Gasteiger partial charge in [-0.3, -0.25) is 14.6 Å². The molecule has 0 saturated carbocycles. The van der Waals surface area contributed by atoms with Gasteiger partial charge in [0.05, 0.1) is 13.2 Å². The second-order valence-electron chi connectivity index (χ2n) is 5.59. The predicted octanol–water partition coefficient (Wildman–Crippen LogP) is 0.372. The molecular formula is C13H22N2O2. The van der Waals surface area contributed by atoms with Crippen molar-refractivity contribution in [3.63, 3.8) is 0 Å². The maximum absolute atomic E-state index is 12.1. The highest BCUT2D eigenvalue weighted by Gasteiger charge is 2.32. The van der Waals surface area contributed by atoms with Gasteiger partial charge in [-0.05, 0) is 25.8 Å². The summed E-state index contributed by atoms with van der Waals surface area (Å²) in [5.41, 5.74) is 0. The van der Waals surface area contributed by atoms with Crippen molar-refractivity contribution >= 4 is 5.78 Å². The van der Waals surface area contributed by atoms with Crippen molar-refractivity contribution in [1.29, 1.82) is 0 Å². The van der Waals surface area contributed by atoms with Gasteiger partial charge in [0.2, 0.25) is 0 Å². The molecule has 0 bridgehead atoms. The zero-order valence-corrected chi connectivity index (χ0v) is 10.4. The molecule has 17 heavy (non-hydrogen) atoms. The molecule has 3 aliphatic rings. The second kappa shape index (κ2) is 5.04. The van der Waals surface area contributed by atoms with Crippen LogP contribution in [0.4, 0.5) is 0 Å². The van der Waals surface area contributed by atoms with Gasteiger partial charge in [-0.1, -0.05) is 0 Å². The lowest BCUT2D eigenvalue weighted by atomic mass is 10.0. The van der Waals surface area contributed by atoms with Crippen molar-refractivity contribution in [2.75, 3.05) is 45.9 Å². The molecule has 0 radical (unpaired) electrons. The first-order chi connectivity index (χ1) is 8.33. The van der Waals surface area contributed by atoms with E-state index >= 15 is 0 Å². The predicted molar refractivity (Wildman–Crippen MR) is 65.0 cm³/mol. The molecule has 2 atom stereocenters. The lowest BCUT2D eigenvalue weighted by Crippen LogP contribution is -2.51. The molecular weight excluding hydrogens is 216 g/mol. The third kappa shape index (κ3) is 2.54. The van der Waals surface area contributed by atoms with Gasteiger partial charge in [0, 0.05) is 38.2 Å². The normalized spacial score (nSPS) is 35.1. The maximum atomic E-state index is 12.1. The summed E-state index contributed by atoms with van der Waals surface area (Å²) in [7, 11) is 0. The van der Waals surface area contributed by atoms with Gasteiger partial charge in [0.25, 0.3) is 0 Å². The van der Waals surface area contributed by atoms with Gasteiger partial charge in [-0.25, -0.2) is 0 Å². The molecule has 4 heteroatoms. The summed E-state index contributed by atoms with van der Waals surface area (Å²) in [5.74, 6) is 0.575. The number of piperazine rings is 1. The molecule has 3 saturated heterocycles. The molecule has 96 valence electrons. The van der Waals surface area contributed by atoms with Gasteiger partial charge in [0.1, 0.15) is 0 Å². The van der Waals surface area contributed by atoms with Crippen LogP contribution in [0.2, 0.25) is 0 Å². The Morgan fingerprint density at radius 2 is 2.18 bits per heavy atom. The van der Waals surface area contributed by atoms with Crippen molar-refractivity contribution in [3.05, 3.63) is 0 Å². The largest absolute Gasteiger partial charge is 0.381 e. The van der Waals surface area contributed by atoms with Crippen LogP contribution in [0.25, 0.3) is 0 Å². The van der Waals surface area contributed by atoms with Crippen molar-refractivity contribution in [1.82, 2.24) is 9.80 Å². The van der Waals surface area contributed by atoms with Crippen LogP contribution in [0.3, 0.4) is 0 Å². The maximum Gasteiger partial charge on any atom is 0.152 e. The Kier molecular flexibility index (Phi) is 3.45. The number of hydrogen-bond acceptors (Lipinski definition) is 4. The van der Waals surface area contributed by atoms with Gasteiger partial charge >= 0.3 is 0 Å². The first-order valence-corrected chi connectivity index (χ1v) is 6.90. The summed E-state index contributed by atoms with van der Waals surface area (Å²) in [5, 5.41) is 0. The van der Waals surface area contributed by atoms with Crippen LogP contribution in [0.15, 0.2) is 0 Å². The van der Waals surface area contributed by atoms with E-state index in [-0.39, 0.29) is 5.92 Å². The fourth-order valence-corrected chi connectivity index (χ4v) is 3.34. The molecule has 3 heterocycles. The quantitative estimate of drug-likeness (QED) is 0.711. The first-order valence-electron chi connectivity index (χ1n) is 6.90. The number of ether oxygens (including phenoxy) is 1. The molecule has 3 rings (SSSR count). The third-order valence-electron chi connectivity index (χ3n) is 4.44. The van der Waals surface area contributed by atoms with Crippen LogP contribution in [-0.4, -0.2) is 67.6 Å². The number of hydrogen-bond donors (Lipinski definition) is 0. The lowest BCUT2D eigenvalue weighted by molar-refractivity contribution is -0.124. The molecule has 3 fully saturated rings. The molecule has 0 aromatic heterocycles. The molecule has 0 spiro atoms. The van der Waals surface area contributed by atoms with Gasteiger partial charge < -0.3 is 4.74 Å². The Morgan fingerprint density at radius 1 is 1.24 bits per heavy atom. The highest BCUT2D eigenvalue weighted by molar-refractivity contribution is 5.83. The first kappa shape index (κ1) is 11.6. The lowest BCUT2D eigenvalue weighted by Gasteiger charge is -2.37. The Morgan fingerprint density at radius 3 is 3.00 bits per heavy atom. The standard InChI is InChI=1S/C13H22N2O2/c16-13(11-3-7-17-10-11)9-14-5-6-15-4-1-2-12(15)8-14/h11-12H,1-10H2. The van der Waals surface area contributed by atoms with E-state index < -0.39 is 0 Å². The molecule has 4 nitrogen and oxygen atoms in total. The smallest absolute Gasteiger partial charge is 0.152 e. The average Bonchev–Trinajstić information content (AvgIpc) is 2.99. The van der Waals surface area contributed by atoms with E-state index in [9.17, 15) is 4.79 Å². The van der Waals surface area contributed by atoms with E-state index in [1.165, 1.54) is 19.4 Å². The zero-order chi connectivity index (χ0) is 11.7. The minimum absolute atomic E-state index is 0.177. The van der Waals surface area contributed by atoms with Crippen molar-refractivity contribution in [3.8, 4) is 0 Å². The van der Waals surface area contributed by atoms with Crippen LogP contribution in [-0.2, 0) is 9.53 Å². The SMILES string of the molecule is O=C(CN1CCN2CCCC2C1)C1CCOC1. The van der Waals surface area contributed by atoms with E-state index in [1.54, 1.807) is 0 Å². The van der Waals surface area contributed by atoms with E-state index in [1.807, 2.05) is 0 Å². The summed E-state index contributed by atoms with van der Waals surface area (Å²) in [4.78, 5) is 17.0. The molecule has 0 aromatic carbocycles. The van der Waals surface area contributed by atoms with E-state index in [0.717, 1.165) is 38.7 Å². The average molecular weight is 238 g/mol. The fourth-order valence-electron chi connectivity index (χ4n) is 3.34. The molecule has 0 N–H and O–H groups in total. The summed E-state index contributed by atoms with van der Waals surface area (Å²) in [6.07, 6.45) is 3.59. The minimum atomic E-state index is 0.177. The van der Waals surface area contributed by atoms with Gasteiger partial charge in [-0.15, -0.1) is 0 Å². The highest BCUT2D eigenvalue weighted by Crippen LogP contribution is 2.22. The summed E-state index contributed by atoms with van der Waals surface area (Å²) >= 11 is 0. The number of fused-ring (bicyclic) bond motifs is 1. The number of Topliss-reactive ketones (excluding diaryl/α,β-unsaturated/α-hetero) is 1. The van der Waals surface area contributed by atoms with Gasteiger partial charge in [0.15, 0.2) is 5.78 Å². The zero-order valence-electron chi connectivity index (χ0n) is 10.4. The minimum Gasteiger partial charge on any atom is -0.381 e. The van der Waals surface area contributed by atoms with Crippen molar-refractivity contribution < 1.29 is 9.53 Å². The Hall–Kier alpha value is -0.450. The Labute approximate surface area is 103 Å². The highest BCUT2D eigenvalue weighted by atomic mass is 16.5. The van der Waals surface area contributed by atoms with Crippen LogP contribution < -0.4 is 0 Å². The molecule has 0 aliphatic carbocycles. The molecule has 0 amide bonds. The van der Waals surface area contributed by atoms with Crippen molar-refractivity contribution in [2.24, 2.45) is 5.92 Å².